The fourth-order valence-electron chi connectivity index (χ4n) is 6.33. The third-order valence-corrected chi connectivity index (χ3v) is 8.15. The van der Waals surface area contributed by atoms with E-state index in [-0.39, 0.29) is 0 Å². The van der Waals surface area contributed by atoms with Gasteiger partial charge in [-0.1, -0.05) is 37.3 Å². The zero-order valence-electron chi connectivity index (χ0n) is 20.0. The lowest BCUT2D eigenvalue weighted by Crippen LogP contribution is -2.39. The Bertz CT molecular complexity index is 1340. The highest BCUT2D eigenvalue weighted by atomic mass is 15.0. The van der Waals surface area contributed by atoms with E-state index in [0.717, 1.165) is 19.3 Å². The van der Waals surface area contributed by atoms with Crippen LogP contribution in [0.2, 0.25) is 0 Å². The monoisotopic (exact) mass is 433 g/mol. The van der Waals surface area contributed by atoms with Gasteiger partial charge >= 0.3 is 0 Å². The molecule has 0 saturated heterocycles. The van der Waals surface area contributed by atoms with Crippen molar-refractivity contribution < 1.29 is 4.57 Å². The van der Waals surface area contributed by atoms with Gasteiger partial charge < -0.3 is 4.99 Å². The maximum Gasteiger partial charge on any atom is 0.214 e. The van der Waals surface area contributed by atoms with Crippen LogP contribution >= 0.6 is 0 Å². The average molecular weight is 434 g/mol. The van der Waals surface area contributed by atoms with Crippen molar-refractivity contribution in [1.82, 2.24) is 0 Å². The van der Waals surface area contributed by atoms with E-state index < -0.39 is 0 Å². The zero-order chi connectivity index (χ0) is 22.5. The van der Waals surface area contributed by atoms with Crippen molar-refractivity contribution in [1.29, 1.82) is 0 Å². The molecule has 0 radical (unpaired) electrons. The summed E-state index contributed by atoms with van der Waals surface area (Å²) in [4.78, 5) is 4.28. The molecule has 2 aliphatic carbocycles. The molecule has 2 heteroatoms. The summed E-state index contributed by atoms with van der Waals surface area (Å²) < 4.78 is 2.53. The third-order valence-electron chi connectivity index (χ3n) is 8.15. The molecule has 3 aliphatic rings. The maximum absolute atomic E-state index is 4.28. The Morgan fingerprint density at radius 2 is 2.03 bits per heavy atom. The van der Waals surface area contributed by atoms with E-state index in [2.05, 4.69) is 90.4 Å². The first-order chi connectivity index (χ1) is 16.1. The number of pyridine rings is 1. The van der Waals surface area contributed by atoms with Gasteiger partial charge in [0, 0.05) is 31.0 Å². The number of rotatable bonds is 3. The van der Waals surface area contributed by atoms with Gasteiger partial charge in [-0.3, -0.25) is 0 Å². The number of hydrogen-bond donors (Lipinski definition) is 0. The summed E-state index contributed by atoms with van der Waals surface area (Å²) in [6.07, 6.45) is 17.5. The minimum atomic E-state index is 0.326. The van der Waals surface area contributed by atoms with Crippen LogP contribution in [-0.2, 0) is 6.42 Å². The topological polar surface area (TPSA) is 16.2 Å². The Kier molecular flexibility index (Phi) is 5.05. The molecule has 3 aromatic rings. The van der Waals surface area contributed by atoms with E-state index in [9.17, 15) is 0 Å². The second kappa shape index (κ2) is 8.09. The molecule has 0 bridgehead atoms. The Hall–Kier alpha value is -3.00. The summed E-state index contributed by atoms with van der Waals surface area (Å²) in [7, 11) is 1.89. The van der Waals surface area contributed by atoms with Gasteiger partial charge in [-0.05, 0) is 96.0 Å². The summed E-state index contributed by atoms with van der Waals surface area (Å²) in [5.74, 6) is 1.26. The first-order valence-corrected chi connectivity index (χ1v) is 12.5. The van der Waals surface area contributed by atoms with Crippen LogP contribution in [0.1, 0.15) is 60.9 Å². The predicted molar refractivity (Wildman–Crippen MR) is 139 cm³/mol. The predicted octanol–water partition coefficient (Wildman–Crippen LogP) is 7.03. The Morgan fingerprint density at radius 3 is 2.85 bits per heavy atom. The SMILES string of the molecule is CN=C[C@H](C)C1CC=C([C@@H]2c3cc4ccc5c(c4cc3-c3cc(C)cc[n+]32)CCC=C5)CC1. The number of fused-ring (bicyclic) bond motifs is 6. The summed E-state index contributed by atoms with van der Waals surface area (Å²) in [6, 6.07) is 14.6. The van der Waals surface area contributed by atoms with Gasteiger partial charge in [0.1, 0.15) is 0 Å². The van der Waals surface area contributed by atoms with E-state index in [1.807, 2.05) is 7.05 Å². The van der Waals surface area contributed by atoms with Gasteiger partial charge in [0.15, 0.2) is 6.20 Å². The van der Waals surface area contributed by atoms with Gasteiger partial charge in [-0.15, -0.1) is 0 Å². The summed E-state index contributed by atoms with van der Waals surface area (Å²) >= 11 is 0. The van der Waals surface area contributed by atoms with Crippen LogP contribution in [0, 0.1) is 18.8 Å². The van der Waals surface area contributed by atoms with Crippen molar-refractivity contribution in [2.45, 2.75) is 52.0 Å². The molecule has 0 N–H and O–H groups in total. The first-order valence-electron chi connectivity index (χ1n) is 12.5. The minimum absolute atomic E-state index is 0.326. The lowest BCUT2D eigenvalue weighted by Gasteiger charge is -2.26. The van der Waals surface area contributed by atoms with Crippen molar-refractivity contribution in [2.75, 3.05) is 7.05 Å². The molecule has 3 atom stereocenters. The van der Waals surface area contributed by atoms with E-state index in [4.69, 9.17) is 0 Å². The number of allylic oxidation sites excluding steroid dienone is 3. The normalized spacial score (nSPS) is 22.2. The highest BCUT2D eigenvalue weighted by Gasteiger charge is 2.40. The lowest BCUT2D eigenvalue weighted by atomic mass is 9.79. The molecule has 1 aliphatic heterocycles. The van der Waals surface area contributed by atoms with Gasteiger partial charge in [-0.25, -0.2) is 0 Å². The van der Waals surface area contributed by atoms with Crippen molar-refractivity contribution in [3.8, 4) is 11.3 Å². The molecule has 0 amide bonds. The smallest absolute Gasteiger partial charge is 0.214 e. The molecular weight excluding hydrogens is 400 g/mol. The largest absolute Gasteiger partial charge is 0.301 e. The molecule has 0 spiro atoms. The standard InChI is InChI=1S/C31H33N2/c1-20-14-15-33-30(16-20)28-18-27-25(13-10-23-6-4-5-7-26(23)27)17-29(28)31(33)24-11-8-22(9-12-24)21(2)19-32-3/h4,6,10-11,13-19,21-22,31H,5,7-9,12H2,1-3H3/q+1/t21-,22?,31+/m0/s1. The minimum Gasteiger partial charge on any atom is -0.301 e. The number of benzene rings is 2. The third kappa shape index (κ3) is 3.39. The van der Waals surface area contributed by atoms with Crippen LogP contribution in [0.5, 0.6) is 0 Å². The molecule has 166 valence electrons. The Morgan fingerprint density at radius 1 is 1.12 bits per heavy atom. The summed E-state index contributed by atoms with van der Waals surface area (Å²) in [5, 5.41) is 2.83. The molecule has 0 saturated carbocycles. The number of aliphatic imine (C=N–C) groups is 1. The van der Waals surface area contributed by atoms with Crippen LogP contribution in [0.4, 0.5) is 0 Å². The molecule has 1 aromatic heterocycles. The van der Waals surface area contributed by atoms with E-state index >= 15 is 0 Å². The van der Waals surface area contributed by atoms with Gasteiger partial charge in [-0.2, -0.15) is 4.57 Å². The zero-order valence-corrected chi connectivity index (χ0v) is 20.0. The summed E-state index contributed by atoms with van der Waals surface area (Å²) in [5.41, 5.74) is 10.1. The van der Waals surface area contributed by atoms with Crippen LogP contribution in [0.3, 0.4) is 0 Å². The van der Waals surface area contributed by atoms with E-state index in [0.29, 0.717) is 17.9 Å². The molecule has 2 nitrogen and oxygen atoms in total. The molecule has 33 heavy (non-hydrogen) atoms. The maximum atomic E-state index is 4.28. The Labute approximate surface area is 197 Å². The molecule has 0 fully saturated rings. The molecule has 2 heterocycles. The number of nitrogens with zero attached hydrogens (tertiary/aromatic N) is 2. The van der Waals surface area contributed by atoms with E-state index in [1.165, 1.54) is 57.1 Å². The van der Waals surface area contributed by atoms with Gasteiger partial charge in [0.05, 0.1) is 5.56 Å². The fraction of sp³-hybridized carbons (Fsp3) is 0.355. The first kappa shape index (κ1) is 20.6. The van der Waals surface area contributed by atoms with Crippen LogP contribution in [0.15, 0.2) is 65.3 Å². The second-order valence-electron chi connectivity index (χ2n) is 10.2. The van der Waals surface area contributed by atoms with Crippen LogP contribution < -0.4 is 4.57 Å². The molecule has 6 rings (SSSR count). The van der Waals surface area contributed by atoms with Gasteiger partial charge in [0.25, 0.3) is 0 Å². The van der Waals surface area contributed by atoms with Crippen LogP contribution in [-0.4, -0.2) is 13.3 Å². The number of hydrogen-bond acceptors (Lipinski definition) is 1. The summed E-state index contributed by atoms with van der Waals surface area (Å²) in [6.45, 7) is 4.53. The van der Waals surface area contributed by atoms with Crippen LogP contribution in [0.25, 0.3) is 28.1 Å². The quantitative estimate of drug-likeness (QED) is 0.240. The highest BCUT2D eigenvalue weighted by Crippen LogP contribution is 2.44. The Balaban J connectivity index is 1.48. The molecular formula is C31H33N2+. The average Bonchev–Trinajstić information content (AvgIpc) is 3.15. The van der Waals surface area contributed by atoms with Crippen molar-refractivity contribution in [3.05, 3.63) is 82.6 Å². The number of aromatic nitrogens is 1. The lowest BCUT2D eigenvalue weighted by molar-refractivity contribution is -0.689. The second-order valence-corrected chi connectivity index (χ2v) is 10.2. The molecule has 1 unspecified atom stereocenters. The van der Waals surface area contributed by atoms with E-state index in [1.54, 1.807) is 5.57 Å². The number of aryl methyl sites for hydroxylation is 2. The highest BCUT2D eigenvalue weighted by molar-refractivity contribution is 5.94. The molecule has 2 aromatic carbocycles. The fourth-order valence-corrected chi connectivity index (χ4v) is 6.33. The van der Waals surface area contributed by atoms with Crippen molar-refractivity contribution >= 4 is 23.1 Å². The van der Waals surface area contributed by atoms with Crippen molar-refractivity contribution in [2.24, 2.45) is 16.8 Å². The van der Waals surface area contributed by atoms with Gasteiger partial charge in [0.2, 0.25) is 11.7 Å². The van der Waals surface area contributed by atoms with Crippen molar-refractivity contribution in [3.63, 3.8) is 0 Å².